The highest BCUT2D eigenvalue weighted by atomic mass is 16.2. The first-order chi connectivity index (χ1) is 7.36. The molecule has 1 aliphatic heterocycles. The molecule has 0 aliphatic carbocycles. The summed E-state index contributed by atoms with van der Waals surface area (Å²) < 4.78 is 0. The molecular formula is C12H25N3O. The molecule has 0 aromatic rings. The van der Waals surface area contributed by atoms with Crippen LogP contribution in [0.2, 0.25) is 0 Å². The monoisotopic (exact) mass is 227 g/mol. The number of hydrogen-bond donors (Lipinski definition) is 1. The Kier molecular flexibility index (Phi) is 4.33. The molecule has 0 spiro atoms. The number of rotatable bonds is 2. The van der Waals surface area contributed by atoms with Gasteiger partial charge in [0.2, 0.25) is 5.91 Å². The molecule has 1 unspecified atom stereocenters. The van der Waals surface area contributed by atoms with Crippen molar-refractivity contribution in [1.29, 1.82) is 0 Å². The van der Waals surface area contributed by atoms with Gasteiger partial charge in [-0.05, 0) is 11.8 Å². The Hall–Kier alpha value is -0.610. The van der Waals surface area contributed by atoms with E-state index in [2.05, 4.69) is 25.7 Å². The lowest BCUT2D eigenvalue weighted by Crippen LogP contribution is -2.50. The molecule has 1 amide bonds. The van der Waals surface area contributed by atoms with Crippen LogP contribution in [0.1, 0.15) is 27.2 Å². The number of carbonyl (C=O) groups excluding carboxylic acids is 1. The summed E-state index contributed by atoms with van der Waals surface area (Å²) in [5.41, 5.74) is 5.98. The Bertz CT molecular complexity index is 247. The molecule has 0 saturated carbocycles. The summed E-state index contributed by atoms with van der Waals surface area (Å²) in [6.07, 6.45) is 1.04. The van der Waals surface area contributed by atoms with Crippen LogP contribution in [-0.4, -0.2) is 55.0 Å². The Morgan fingerprint density at radius 2 is 2.00 bits per heavy atom. The van der Waals surface area contributed by atoms with Crippen molar-refractivity contribution >= 4 is 5.91 Å². The second-order valence-corrected chi connectivity index (χ2v) is 5.76. The lowest BCUT2D eigenvalue weighted by molar-refractivity contribution is -0.130. The topological polar surface area (TPSA) is 49.6 Å². The van der Waals surface area contributed by atoms with Crippen LogP contribution in [0.15, 0.2) is 0 Å². The Morgan fingerprint density at radius 3 is 2.50 bits per heavy atom. The Balaban J connectivity index is 2.74. The van der Waals surface area contributed by atoms with Gasteiger partial charge in [-0.1, -0.05) is 20.8 Å². The lowest BCUT2D eigenvalue weighted by atomic mass is 9.85. The van der Waals surface area contributed by atoms with Crippen molar-refractivity contribution in [2.45, 2.75) is 33.2 Å². The molecule has 4 heteroatoms. The van der Waals surface area contributed by atoms with Crippen molar-refractivity contribution in [1.82, 2.24) is 9.80 Å². The van der Waals surface area contributed by atoms with Gasteiger partial charge in [-0.3, -0.25) is 9.69 Å². The van der Waals surface area contributed by atoms with Gasteiger partial charge in [-0.2, -0.15) is 0 Å². The van der Waals surface area contributed by atoms with Crippen molar-refractivity contribution in [3.05, 3.63) is 0 Å². The molecule has 0 aromatic carbocycles. The molecule has 16 heavy (non-hydrogen) atoms. The van der Waals surface area contributed by atoms with Crippen molar-refractivity contribution in [3.63, 3.8) is 0 Å². The van der Waals surface area contributed by atoms with Crippen LogP contribution in [0, 0.1) is 5.41 Å². The second kappa shape index (κ2) is 5.15. The van der Waals surface area contributed by atoms with Gasteiger partial charge in [0.15, 0.2) is 0 Å². The van der Waals surface area contributed by atoms with Gasteiger partial charge < -0.3 is 10.6 Å². The summed E-state index contributed by atoms with van der Waals surface area (Å²) in [6.45, 7) is 9.50. The number of hydrogen-bond acceptors (Lipinski definition) is 3. The molecule has 0 aromatic heterocycles. The molecule has 0 bridgehead atoms. The van der Waals surface area contributed by atoms with Crippen molar-refractivity contribution in [2.24, 2.45) is 11.1 Å². The van der Waals surface area contributed by atoms with Gasteiger partial charge in [0.05, 0.1) is 6.54 Å². The smallest absolute Gasteiger partial charge is 0.236 e. The maximum atomic E-state index is 11.8. The standard InChI is InChI=1S/C12H25N3O/c1-12(2,3)10(8-13)15-7-5-6-14(4)11(16)9-15/h10H,5-9,13H2,1-4H3. The van der Waals surface area contributed by atoms with Crippen LogP contribution in [0.5, 0.6) is 0 Å². The molecule has 1 aliphatic rings. The van der Waals surface area contributed by atoms with E-state index in [1.54, 1.807) is 0 Å². The van der Waals surface area contributed by atoms with Gasteiger partial charge in [0, 0.05) is 32.7 Å². The van der Waals surface area contributed by atoms with Gasteiger partial charge >= 0.3 is 0 Å². The second-order valence-electron chi connectivity index (χ2n) is 5.76. The molecular weight excluding hydrogens is 202 g/mol. The first kappa shape index (κ1) is 13.5. The Labute approximate surface area is 98.8 Å². The number of amides is 1. The highest BCUT2D eigenvalue weighted by Crippen LogP contribution is 2.24. The molecule has 4 nitrogen and oxygen atoms in total. The van der Waals surface area contributed by atoms with Crippen LogP contribution >= 0.6 is 0 Å². The van der Waals surface area contributed by atoms with E-state index < -0.39 is 0 Å². The number of nitrogens with two attached hydrogens (primary N) is 1. The zero-order chi connectivity index (χ0) is 12.3. The fourth-order valence-corrected chi connectivity index (χ4v) is 2.33. The van der Waals surface area contributed by atoms with Crippen molar-refractivity contribution in [3.8, 4) is 0 Å². The third-order valence-corrected chi connectivity index (χ3v) is 3.37. The molecule has 1 fully saturated rings. The van der Waals surface area contributed by atoms with E-state index in [4.69, 9.17) is 5.73 Å². The summed E-state index contributed by atoms with van der Waals surface area (Å²) in [5.74, 6) is 0.209. The summed E-state index contributed by atoms with van der Waals surface area (Å²) in [7, 11) is 1.88. The summed E-state index contributed by atoms with van der Waals surface area (Å²) in [6, 6.07) is 0.281. The van der Waals surface area contributed by atoms with E-state index >= 15 is 0 Å². The first-order valence-corrected chi connectivity index (χ1v) is 6.04. The summed E-state index contributed by atoms with van der Waals surface area (Å²) in [5, 5.41) is 0. The first-order valence-electron chi connectivity index (χ1n) is 6.04. The van der Waals surface area contributed by atoms with E-state index in [1.165, 1.54) is 0 Å². The normalized spacial score (nSPS) is 22.1. The quantitative estimate of drug-likeness (QED) is 0.748. The Morgan fingerprint density at radius 1 is 1.38 bits per heavy atom. The minimum absolute atomic E-state index is 0.123. The highest BCUT2D eigenvalue weighted by molar-refractivity contribution is 5.78. The zero-order valence-corrected chi connectivity index (χ0v) is 11.0. The average molecular weight is 227 g/mol. The highest BCUT2D eigenvalue weighted by Gasteiger charge is 2.31. The SMILES string of the molecule is CN1CCCN(C(CN)C(C)(C)C)CC1=O. The van der Waals surface area contributed by atoms with Crippen molar-refractivity contribution < 1.29 is 4.79 Å². The maximum absolute atomic E-state index is 11.8. The van der Waals surface area contributed by atoms with Gasteiger partial charge in [-0.15, -0.1) is 0 Å². The van der Waals surface area contributed by atoms with Crippen LogP contribution < -0.4 is 5.73 Å². The minimum atomic E-state index is 0.123. The molecule has 94 valence electrons. The van der Waals surface area contributed by atoms with Gasteiger partial charge in [0.1, 0.15) is 0 Å². The van der Waals surface area contributed by atoms with E-state index in [1.807, 2.05) is 11.9 Å². The fraction of sp³-hybridized carbons (Fsp3) is 0.917. The van der Waals surface area contributed by atoms with E-state index in [-0.39, 0.29) is 17.4 Å². The van der Waals surface area contributed by atoms with E-state index in [0.717, 1.165) is 19.5 Å². The number of nitrogens with zero attached hydrogens (tertiary/aromatic N) is 2. The van der Waals surface area contributed by atoms with Crippen LogP contribution in [-0.2, 0) is 4.79 Å². The largest absolute Gasteiger partial charge is 0.345 e. The van der Waals surface area contributed by atoms with Crippen LogP contribution in [0.3, 0.4) is 0 Å². The predicted molar refractivity (Wildman–Crippen MR) is 66.1 cm³/mol. The fourth-order valence-electron chi connectivity index (χ4n) is 2.33. The minimum Gasteiger partial charge on any atom is -0.345 e. The summed E-state index contributed by atoms with van der Waals surface area (Å²) >= 11 is 0. The van der Waals surface area contributed by atoms with Gasteiger partial charge in [-0.25, -0.2) is 0 Å². The van der Waals surface area contributed by atoms with Crippen LogP contribution in [0.4, 0.5) is 0 Å². The van der Waals surface area contributed by atoms with E-state index in [0.29, 0.717) is 13.1 Å². The van der Waals surface area contributed by atoms with Crippen LogP contribution in [0.25, 0.3) is 0 Å². The zero-order valence-electron chi connectivity index (χ0n) is 11.0. The number of likely N-dealkylation sites (N-methyl/N-ethyl adjacent to an activating group) is 1. The van der Waals surface area contributed by atoms with E-state index in [9.17, 15) is 4.79 Å². The molecule has 0 radical (unpaired) electrons. The third kappa shape index (κ3) is 3.19. The number of carbonyl (C=O) groups is 1. The molecule has 1 rings (SSSR count). The summed E-state index contributed by atoms with van der Waals surface area (Å²) in [4.78, 5) is 15.9. The predicted octanol–water partition coefficient (Wildman–Crippen LogP) is 0.524. The molecule has 1 heterocycles. The maximum Gasteiger partial charge on any atom is 0.236 e. The van der Waals surface area contributed by atoms with Gasteiger partial charge in [0.25, 0.3) is 0 Å². The molecule has 1 saturated heterocycles. The van der Waals surface area contributed by atoms with Crippen molar-refractivity contribution in [2.75, 3.05) is 33.2 Å². The lowest BCUT2D eigenvalue weighted by Gasteiger charge is -2.38. The molecule has 1 atom stereocenters. The average Bonchev–Trinajstić information content (AvgIpc) is 2.29. The third-order valence-electron chi connectivity index (χ3n) is 3.37. The molecule has 2 N–H and O–H groups in total.